The Balaban J connectivity index is 3.56. The molecule has 70 valence electrons. The molecule has 0 unspecified atom stereocenters. The zero-order valence-electron chi connectivity index (χ0n) is 6.80. The Labute approximate surface area is 73.0 Å². The van der Waals surface area contributed by atoms with Crippen LogP contribution in [-0.2, 0) is 6.54 Å². The summed E-state index contributed by atoms with van der Waals surface area (Å²) in [5.74, 6) is -5.87. The van der Waals surface area contributed by atoms with E-state index in [-0.39, 0.29) is 0 Å². The van der Waals surface area contributed by atoms with Crippen LogP contribution in [0.2, 0.25) is 0 Å². The highest BCUT2D eigenvalue weighted by atomic mass is 19.2. The molecule has 13 heavy (non-hydrogen) atoms. The summed E-state index contributed by atoms with van der Waals surface area (Å²) in [7, 11) is 1.02. The fourth-order valence-corrected chi connectivity index (χ4v) is 0.992. The third-order valence-corrected chi connectivity index (χ3v) is 1.78. The van der Waals surface area contributed by atoms with Gasteiger partial charge in [-0.3, -0.25) is 0 Å². The average molecular weight is 191 g/mol. The number of rotatable bonds is 1. The molecule has 6 heteroatoms. The van der Waals surface area contributed by atoms with Crippen LogP contribution in [0.4, 0.5) is 17.6 Å². The van der Waals surface area contributed by atoms with Gasteiger partial charge in [0.1, 0.15) is 13.7 Å². The molecule has 1 rings (SSSR count). The molecular formula is C7H6BF4N. The van der Waals surface area contributed by atoms with E-state index in [0.717, 1.165) is 7.85 Å². The molecule has 0 heterocycles. The average Bonchev–Trinajstić information content (AvgIpc) is 2.13. The van der Waals surface area contributed by atoms with Crippen LogP contribution >= 0.6 is 0 Å². The van der Waals surface area contributed by atoms with Crippen molar-refractivity contribution in [3.8, 4) is 0 Å². The SMILES string of the molecule is Bc1c(F)c(F)c(F)c(CN)c1F. The molecule has 0 aliphatic carbocycles. The molecule has 0 aromatic heterocycles. The first-order valence-corrected chi connectivity index (χ1v) is 3.52. The summed E-state index contributed by atoms with van der Waals surface area (Å²) in [5.41, 5.74) is 3.79. The van der Waals surface area contributed by atoms with Gasteiger partial charge in [0.15, 0.2) is 17.5 Å². The summed E-state index contributed by atoms with van der Waals surface area (Å²) in [6, 6.07) is 0. The second-order valence-electron chi connectivity index (χ2n) is 2.56. The van der Waals surface area contributed by atoms with Gasteiger partial charge in [0.05, 0.1) is 0 Å². The van der Waals surface area contributed by atoms with Gasteiger partial charge in [0.25, 0.3) is 0 Å². The second-order valence-corrected chi connectivity index (χ2v) is 2.56. The summed E-state index contributed by atoms with van der Waals surface area (Å²) < 4.78 is 51.1. The molecule has 0 bridgehead atoms. The largest absolute Gasteiger partial charge is 0.326 e. The molecule has 0 radical (unpaired) electrons. The normalized spacial score (nSPS) is 10.5. The van der Waals surface area contributed by atoms with Crippen LogP contribution in [0.25, 0.3) is 0 Å². The molecule has 1 nitrogen and oxygen atoms in total. The van der Waals surface area contributed by atoms with Crippen LogP contribution in [-0.4, -0.2) is 7.85 Å². The van der Waals surface area contributed by atoms with Gasteiger partial charge in [-0.25, -0.2) is 17.6 Å². The smallest absolute Gasteiger partial charge is 0.194 e. The topological polar surface area (TPSA) is 26.0 Å². The lowest BCUT2D eigenvalue weighted by atomic mass is 9.92. The van der Waals surface area contributed by atoms with Gasteiger partial charge in [-0.1, -0.05) is 0 Å². The van der Waals surface area contributed by atoms with Crippen LogP contribution in [0.3, 0.4) is 0 Å². The molecule has 0 saturated heterocycles. The van der Waals surface area contributed by atoms with E-state index in [0.29, 0.717) is 0 Å². The third kappa shape index (κ3) is 1.41. The highest BCUT2D eigenvalue weighted by molar-refractivity contribution is 6.32. The van der Waals surface area contributed by atoms with E-state index in [2.05, 4.69) is 0 Å². The maximum absolute atomic E-state index is 13.0. The minimum Gasteiger partial charge on any atom is -0.326 e. The van der Waals surface area contributed by atoms with Gasteiger partial charge in [-0.15, -0.1) is 0 Å². The number of nitrogens with two attached hydrogens (primary N) is 1. The van der Waals surface area contributed by atoms with Crippen LogP contribution in [0.5, 0.6) is 0 Å². The van der Waals surface area contributed by atoms with Crippen molar-refractivity contribution in [3.63, 3.8) is 0 Å². The Morgan fingerprint density at radius 1 is 0.923 bits per heavy atom. The van der Waals surface area contributed by atoms with E-state index >= 15 is 0 Å². The lowest BCUT2D eigenvalue weighted by Crippen LogP contribution is -2.22. The van der Waals surface area contributed by atoms with E-state index < -0.39 is 40.8 Å². The monoisotopic (exact) mass is 191 g/mol. The summed E-state index contributed by atoms with van der Waals surface area (Å²) >= 11 is 0. The molecule has 0 fully saturated rings. The summed E-state index contributed by atoms with van der Waals surface area (Å²) in [5, 5.41) is 0. The van der Waals surface area contributed by atoms with Gasteiger partial charge in [0.2, 0.25) is 0 Å². The van der Waals surface area contributed by atoms with Gasteiger partial charge >= 0.3 is 0 Å². The minimum atomic E-state index is -1.68. The van der Waals surface area contributed by atoms with Crippen molar-refractivity contribution >= 4 is 13.3 Å². The van der Waals surface area contributed by atoms with E-state index in [9.17, 15) is 17.6 Å². The maximum atomic E-state index is 13.0. The van der Waals surface area contributed by atoms with Crippen molar-refractivity contribution in [2.75, 3.05) is 0 Å². The fourth-order valence-electron chi connectivity index (χ4n) is 0.992. The Kier molecular flexibility index (Phi) is 2.61. The number of halogens is 4. The van der Waals surface area contributed by atoms with Crippen molar-refractivity contribution in [3.05, 3.63) is 28.8 Å². The van der Waals surface area contributed by atoms with Crippen molar-refractivity contribution in [2.45, 2.75) is 6.54 Å². The van der Waals surface area contributed by atoms with Crippen molar-refractivity contribution in [2.24, 2.45) is 5.73 Å². The number of hydrogen-bond acceptors (Lipinski definition) is 1. The summed E-state index contributed by atoms with van der Waals surface area (Å²) in [6.45, 7) is -0.504. The summed E-state index contributed by atoms with van der Waals surface area (Å²) in [4.78, 5) is 0. The first kappa shape index (κ1) is 10.0. The van der Waals surface area contributed by atoms with Crippen LogP contribution in [0.1, 0.15) is 5.56 Å². The molecule has 2 N–H and O–H groups in total. The molecular weight excluding hydrogens is 185 g/mol. The van der Waals surface area contributed by atoms with Crippen LogP contribution in [0, 0.1) is 23.3 Å². The molecule has 1 aromatic rings. The molecule has 0 aliphatic rings. The van der Waals surface area contributed by atoms with Gasteiger partial charge < -0.3 is 5.73 Å². The van der Waals surface area contributed by atoms with Crippen LogP contribution < -0.4 is 11.2 Å². The predicted octanol–water partition coefficient (Wildman–Crippen LogP) is -0.0399. The van der Waals surface area contributed by atoms with E-state index in [1.165, 1.54) is 0 Å². The zero-order valence-corrected chi connectivity index (χ0v) is 6.80. The molecule has 0 spiro atoms. The van der Waals surface area contributed by atoms with Gasteiger partial charge in [0, 0.05) is 12.1 Å². The Bertz CT molecular complexity index is 324. The highest BCUT2D eigenvalue weighted by Gasteiger charge is 2.21. The Morgan fingerprint density at radius 3 is 1.92 bits per heavy atom. The molecule has 1 aromatic carbocycles. The Morgan fingerprint density at radius 2 is 1.46 bits per heavy atom. The van der Waals surface area contributed by atoms with E-state index in [1.807, 2.05) is 0 Å². The van der Waals surface area contributed by atoms with Gasteiger partial charge in [-0.2, -0.15) is 0 Å². The van der Waals surface area contributed by atoms with Gasteiger partial charge in [-0.05, 0) is 5.46 Å². The predicted molar refractivity (Wildman–Crippen MR) is 42.3 cm³/mol. The first-order valence-electron chi connectivity index (χ1n) is 3.52. The van der Waals surface area contributed by atoms with Crippen molar-refractivity contribution in [1.29, 1.82) is 0 Å². The zero-order chi connectivity index (χ0) is 10.2. The Hall–Kier alpha value is -1.04. The fraction of sp³-hybridized carbons (Fsp3) is 0.143. The lowest BCUT2D eigenvalue weighted by molar-refractivity contribution is 0.431. The maximum Gasteiger partial charge on any atom is 0.194 e. The standard InChI is InChI=1S/C7H6BF4N/c8-3-4(9)2(1-13)5(10)7(12)6(3)11/h1,8,13H2. The molecule has 0 amide bonds. The molecule has 0 aliphatic heterocycles. The second kappa shape index (κ2) is 3.37. The summed E-state index contributed by atoms with van der Waals surface area (Å²) in [6.07, 6.45) is 0. The van der Waals surface area contributed by atoms with Crippen molar-refractivity contribution in [1.82, 2.24) is 0 Å². The molecule has 0 atom stereocenters. The minimum absolute atomic E-state index is 0.504. The number of hydrogen-bond donors (Lipinski definition) is 1. The quantitative estimate of drug-likeness (QED) is 0.286. The van der Waals surface area contributed by atoms with E-state index in [1.54, 1.807) is 0 Å². The van der Waals surface area contributed by atoms with Crippen LogP contribution in [0.15, 0.2) is 0 Å². The van der Waals surface area contributed by atoms with E-state index in [4.69, 9.17) is 5.73 Å². The number of benzene rings is 1. The first-order chi connectivity index (χ1) is 6.00. The van der Waals surface area contributed by atoms with Crippen molar-refractivity contribution < 1.29 is 17.6 Å². The lowest BCUT2D eigenvalue weighted by Gasteiger charge is -2.07. The molecule has 0 saturated carbocycles. The third-order valence-electron chi connectivity index (χ3n) is 1.78. The highest BCUT2D eigenvalue weighted by Crippen LogP contribution is 2.16.